The van der Waals surface area contributed by atoms with E-state index in [1.165, 1.54) is 44.9 Å². The van der Waals surface area contributed by atoms with Gasteiger partial charge in [0.1, 0.15) is 5.75 Å². The fourth-order valence-corrected chi connectivity index (χ4v) is 1.99. The van der Waals surface area contributed by atoms with Gasteiger partial charge in [-0.1, -0.05) is 63.6 Å². The van der Waals surface area contributed by atoms with Crippen molar-refractivity contribution in [3.8, 4) is 5.75 Å². The summed E-state index contributed by atoms with van der Waals surface area (Å²) in [7, 11) is 0. The molecule has 17 heavy (non-hydrogen) atoms. The van der Waals surface area contributed by atoms with Gasteiger partial charge in [0.05, 0.1) is 0 Å². The molecule has 0 saturated carbocycles. The molecule has 1 aromatic rings. The zero-order valence-corrected chi connectivity index (χ0v) is 10.4. The number of benzene rings is 1. The Bertz CT molecular complexity index is 286. The average Bonchev–Trinajstić information content (AvgIpc) is 2.30. The van der Waals surface area contributed by atoms with Crippen molar-refractivity contribution in [1.29, 1.82) is 0 Å². The van der Waals surface area contributed by atoms with E-state index in [9.17, 15) is 5.11 Å². The van der Waals surface area contributed by atoms with Crippen LogP contribution in [0.1, 0.15) is 57.4 Å². The minimum atomic E-state index is 0. The molecule has 0 aliphatic heterocycles. The van der Waals surface area contributed by atoms with Crippen LogP contribution < -0.4 is 0 Å². The summed E-state index contributed by atoms with van der Waals surface area (Å²) in [6.45, 7) is 2.25. The van der Waals surface area contributed by atoms with Crippen molar-refractivity contribution in [2.45, 2.75) is 58.3 Å². The van der Waals surface area contributed by atoms with E-state index >= 15 is 0 Å². The van der Waals surface area contributed by atoms with Gasteiger partial charge in [-0.05, 0) is 24.5 Å². The molecule has 1 aromatic carbocycles. The van der Waals surface area contributed by atoms with E-state index in [2.05, 4.69) is 6.92 Å². The van der Waals surface area contributed by atoms with Crippen molar-refractivity contribution < 1.29 is 5.11 Å². The number of unbranched alkanes of at least 4 members (excludes halogenated alkanes) is 6. The van der Waals surface area contributed by atoms with Gasteiger partial charge in [0.25, 0.3) is 0 Å². The molecule has 1 N–H and O–H groups in total. The van der Waals surface area contributed by atoms with E-state index in [0.717, 1.165) is 12.0 Å². The molecular formula is C15H25CsO. The number of rotatable bonds is 8. The Balaban J connectivity index is 0.00000256. The molecule has 0 heterocycles. The van der Waals surface area contributed by atoms with E-state index in [1.54, 1.807) is 6.07 Å². The summed E-state index contributed by atoms with van der Waals surface area (Å²) in [5.41, 5.74) is 1.09. The van der Waals surface area contributed by atoms with Crippen LogP contribution in [0.3, 0.4) is 0 Å². The molecule has 0 amide bonds. The first kappa shape index (κ1) is 18.1. The van der Waals surface area contributed by atoms with E-state index in [-0.39, 0.29) is 68.9 Å². The normalized spacial score (nSPS) is 9.94. The number of aryl methyl sites for hydroxylation is 1. The van der Waals surface area contributed by atoms with Crippen molar-refractivity contribution in [1.82, 2.24) is 0 Å². The third kappa shape index (κ3) is 8.73. The number of hydrogen-bond donors (Lipinski definition) is 1. The van der Waals surface area contributed by atoms with Crippen LogP contribution in [-0.2, 0) is 6.42 Å². The van der Waals surface area contributed by atoms with Gasteiger partial charge in [0.15, 0.2) is 0 Å². The topological polar surface area (TPSA) is 20.2 Å². The zero-order valence-electron chi connectivity index (χ0n) is 10.4. The second kappa shape index (κ2) is 12.1. The molecule has 0 aromatic heterocycles. The molecule has 1 rings (SSSR count). The van der Waals surface area contributed by atoms with Crippen LogP contribution in [0.4, 0.5) is 0 Å². The van der Waals surface area contributed by atoms with Crippen molar-refractivity contribution in [3.05, 3.63) is 29.8 Å². The Morgan fingerprint density at radius 2 is 1.47 bits per heavy atom. The second-order valence-electron chi connectivity index (χ2n) is 4.50. The first-order valence-corrected chi connectivity index (χ1v) is 6.61. The molecule has 0 aliphatic carbocycles. The number of para-hydroxylation sites is 1. The first-order chi connectivity index (χ1) is 7.84. The number of hydrogen-bond acceptors (Lipinski definition) is 1. The van der Waals surface area contributed by atoms with Gasteiger partial charge in [0, 0.05) is 0 Å². The SMILES string of the molecule is CCCCCCCCCc1ccccc1O.[CsH]. The van der Waals surface area contributed by atoms with Crippen molar-refractivity contribution >= 4 is 68.9 Å². The van der Waals surface area contributed by atoms with Gasteiger partial charge in [-0.25, -0.2) is 0 Å². The molecule has 0 aliphatic rings. The van der Waals surface area contributed by atoms with Crippen molar-refractivity contribution in [3.63, 3.8) is 0 Å². The predicted molar refractivity (Wildman–Crippen MR) is 77.0 cm³/mol. The van der Waals surface area contributed by atoms with Gasteiger partial charge >= 0.3 is 68.9 Å². The van der Waals surface area contributed by atoms with E-state index in [0.29, 0.717) is 5.75 Å². The molecule has 0 fully saturated rings. The Kier molecular flexibility index (Phi) is 12.9. The third-order valence-electron chi connectivity index (χ3n) is 3.04. The molecule has 92 valence electrons. The Labute approximate surface area is 165 Å². The fraction of sp³-hybridized carbons (Fsp3) is 0.600. The van der Waals surface area contributed by atoms with Gasteiger partial charge in [-0.15, -0.1) is 0 Å². The minimum absolute atomic E-state index is 0. The molecular weight excluding hydrogens is 329 g/mol. The van der Waals surface area contributed by atoms with Gasteiger partial charge < -0.3 is 5.11 Å². The Hall–Kier alpha value is 1.07. The summed E-state index contributed by atoms with van der Waals surface area (Å²) >= 11 is 0. The summed E-state index contributed by atoms with van der Waals surface area (Å²) in [5, 5.41) is 9.58. The van der Waals surface area contributed by atoms with Crippen LogP contribution in [0.15, 0.2) is 24.3 Å². The van der Waals surface area contributed by atoms with E-state index < -0.39 is 0 Å². The maximum atomic E-state index is 9.58. The van der Waals surface area contributed by atoms with Crippen LogP contribution in [0.2, 0.25) is 0 Å². The fourth-order valence-electron chi connectivity index (χ4n) is 1.99. The molecule has 0 spiro atoms. The van der Waals surface area contributed by atoms with Crippen LogP contribution in [0, 0.1) is 0 Å². The molecule has 0 atom stereocenters. The Morgan fingerprint density at radius 3 is 2.12 bits per heavy atom. The number of phenolic OH excluding ortho intramolecular Hbond substituents is 1. The summed E-state index contributed by atoms with van der Waals surface area (Å²) in [6, 6.07) is 7.67. The number of aromatic hydroxyl groups is 1. The molecule has 1 nitrogen and oxygen atoms in total. The van der Waals surface area contributed by atoms with Crippen molar-refractivity contribution in [2.24, 2.45) is 0 Å². The van der Waals surface area contributed by atoms with Gasteiger partial charge in [0.2, 0.25) is 0 Å². The summed E-state index contributed by atoms with van der Waals surface area (Å²) in [5.74, 6) is 0.452. The van der Waals surface area contributed by atoms with E-state index in [4.69, 9.17) is 0 Å². The molecule has 0 radical (unpaired) electrons. The summed E-state index contributed by atoms with van der Waals surface area (Å²) in [4.78, 5) is 0. The monoisotopic (exact) mass is 354 g/mol. The van der Waals surface area contributed by atoms with Crippen LogP contribution in [-0.4, -0.2) is 74.0 Å². The average molecular weight is 354 g/mol. The quantitative estimate of drug-likeness (QED) is 0.699. The summed E-state index contributed by atoms with van der Waals surface area (Å²) < 4.78 is 0. The van der Waals surface area contributed by atoms with Crippen LogP contribution in [0.25, 0.3) is 0 Å². The third-order valence-corrected chi connectivity index (χ3v) is 3.04. The van der Waals surface area contributed by atoms with E-state index in [1.807, 2.05) is 18.2 Å². The second-order valence-corrected chi connectivity index (χ2v) is 4.50. The predicted octanol–water partition coefficient (Wildman–Crippen LogP) is 4.04. The first-order valence-electron chi connectivity index (χ1n) is 6.61. The maximum absolute atomic E-state index is 9.58. The van der Waals surface area contributed by atoms with Gasteiger partial charge in [-0.2, -0.15) is 0 Å². The van der Waals surface area contributed by atoms with Gasteiger partial charge in [-0.3, -0.25) is 0 Å². The molecule has 2 heteroatoms. The van der Waals surface area contributed by atoms with Crippen LogP contribution in [0.5, 0.6) is 5.75 Å². The number of phenols is 1. The van der Waals surface area contributed by atoms with Crippen molar-refractivity contribution in [2.75, 3.05) is 0 Å². The molecule has 0 bridgehead atoms. The molecule has 0 unspecified atom stereocenters. The standard InChI is InChI=1S/C15H24O.Cs.H/c1-2-3-4-5-6-7-8-11-14-12-9-10-13-15(14)16;;/h9-10,12-13,16H,2-8,11H2,1H3;;. The summed E-state index contributed by atoms with van der Waals surface area (Å²) in [6.07, 6.45) is 10.3. The Morgan fingerprint density at radius 1 is 0.882 bits per heavy atom. The molecule has 0 saturated heterocycles. The zero-order chi connectivity index (χ0) is 11.6. The van der Waals surface area contributed by atoms with Crippen LogP contribution >= 0.6 is 0 Å².